The predicted octanol–water partition coefficient (Wildman–Crippen LogP) is 7.35. The molecule has 8 heteroatoms. The lowest BCUT2D eigenvalue weighted by atomic mass is 9.88. The molecule has 0 bridgehead atoms. The van der Waals surface area contributed by atoms with Gasteiger partial charge in [0.2, 0.25) is 11.8 Å². The summed E-state index contributed by atoms with van der Waals surface area (Å²) >= 11 is 7.72. The summed E-state index contributed by atoms with van der Waals surface area (Å²) in [4.78, 5) is 27.2. The van der Waals surface area contributed by atoms with Gasteiger partial charge in [0.1, 0.15) is 16.7 Å². The zero-order valence-electron chi connectivity index (χ0n) is 21.0. The van der Waals surface area contributed by atoms with Crippen LogP contribution in [0.2, 0.25) is 5.02 Å². The first-order valence-corrected chi connectivity index (χ1v) is 13.6. The predicted molar refractivity (Wildman–Crippen MR) is 150 cm³/mol. The number of methoxy groups -OCH3 is 2. The summed E-state index contributed by atoms with van der Waals surface area (Å²) in [6.07, 6.45) is 5.29. The lowest BCUT2D eigenvalue weighted by Crippen LogP contribution is -2.24. The summed E-state index contributed by atoms with van der Waals surface area (Å²) in [6, 6.07) is 20.5. The van der Waals surface area contributed by atoms with Gasteiger partial charge in [-0.2, -0.15) is 0 Å². The number of ether oxygens (including phenoxy) is 2. The van der Waals surface area contributed by atoms with Crippen LogP contribution in [0.3, 0.4) is 0 Å². The molecule has 4 rings (SSSR count). The molecule has 194 valence electrons. The maximum atomic E-state index is 13.6. The Morgan fingerprint density at radius 2 is 1.62 bits per heavy atom. The van der Waals surface area contributed by atoms with E-state index < -0.39 is 5.25 Å². The highest BCUT2D eigenvalue weighted by atomic mass is 35.5. The lowest BCUT2D eigenvalue weighted by Gasteiger charge is -2.21. The highest BCUT2D eigenvalue weighted by Gasteiger charge is 2.25. The van der Waals surface area contributed by atoms with Gasteiger partial charge in [-0.3, -0.25) is 9.59 Å². The van der Waals surface area contributed by atoms with Gasteiger partial charge in [-0.15, -0.1) is 11.8 Å². The van der Waals surface area contributed by atoms with Gasteiger partial charge in [0.15, 0.2) is 0 Å². The Morgan fingerprint density at radius 3 is 2.32 bits per heavy atom. The van der Waals surface area contributed by atoms with Crippen LogP contribution in [-0.2, 0) is 9.59 Å². The molecule has 6 nitrogen and oxygen atoms in total. The second-order valence-corrected chi connectivity index (χ2v) is 10.5. The number of hydrogen-bond donors (Lipinski definition) is 2. The minimum Gasteiger partial charge on any atom is -0.495 e. The van der Waals surface area contributed by atoms with Crippen LogP contribution in [0.1, 0.15) is 42.9 Å². The molecule has 1 saturated carbocycles. The zero-order chi connectivity index (χ0) is 26.2. The van der Waals surface area contributed by atoms with Gasteiger partial charge in [-0.05, 0) is 42.7 Å². The maximum absolute atomic E-state index is 13.6. The SMILES string of the molecule is COc1cc(OC)c(NC(=O)C(Sc2cccc(NC(=O)C3CCCCC3)c2)c2ccccc2)cc1Cl. The summed E-state index contributed by atoms with van der Waals surface area (Å²) in [5.41, 5.74) is 2.03. The van der Waals surface area contributed by atoms with Crippen molar-refractivity contribution in [3.05, 3.63) is 77.3 Å². The summed E-state index contributed by atoms with van der Waals surface area (Å²) in [6.45, 7) is 0. The minimum atomic E-state index is -0.559. The number of amides is 2. The third-order valence-electron chi connectivity index (χ3n) is 6.40. The fraction of sp³-hybridized carbons (Fsp3) is 0.310. The second kappa shape index (κ2) is 12.9. The van der Waals surface area contributed by atoms with E-state index in [1.165, 1.54) is 32.4 Å². The van der Waals surface area contributed by atoms with Gasteiger partial charge in [0.25, 0.3) is 0 Å². The Hall–Kier alpha value is -3.16. The highest BCUT2D eigenvalue weighted by molar-refractivity contribution is 8.00. The van der Waals surface area contributed by atoms with Crippen molar-refractivity contribution < 1.29 is 19.1 Å². The molecule has 0 aromatic heterocycles. The Labute approximate surface area is 227 Å². The molecule has 0 heterocycles. The first-order valence-electron chi connectivity index (χ1n) is 12.3. The Balaban J connectivity index is 1.55. The third-order valence-corrected chi connectivity index (χ3v) is 7.95. The molecule has 0 spiro atoms. The van der Waals surface area contributed by atoms with Crippen LogP contribution in [0.15, 0.2) is 71.6 Å². The number of thioether (sulfide) groups is 1. The van der Waals surface area contributed by atoms with Crippen LogP contribution in [0.5, 0.6) is 11.5 Å². The molecule has 1 atom stereocenters. The Kier molecular flexibility index (Phi) is 9.36. The van der Waals surface area contributed by atoms with Crippen molar-refractivity contribution in [2.45, 2.75) is 42.2 Å². The van der Waals surface area contributed by atoms with Crippen LogP contribution in [0.4, 0.5) is 11.4 Å². The minimum absolute atomic E-state index is 0.0687. The summed E-state index contributed by atoms with van der Waals surface area (Å²) in [5, 5.41) is 5.84. The fourth-order valence-electron chi connectivity index (χ4n) is 4.45. The van der Waals surface area contributed by atoms with Crippen molar-refractivity contribution in [2.24, 2.45) is 5.92 Å². The van der Waals surface area contributed by atoms with E-state index in [4.69, 9.17) is 21.1 Å². The van der Waals surface area contributed by atoms with Gasteiger partial charge in [-0.25, -0.2) is 0 Å². The lowest BCUT2D eigenvalue weighted by molar-refractivity contribution is -0.120. The number of carbonyl (C=O) groups excluding carboxylic acids is 2. The molecule has 1 unspecified atom stereocenters. The first-order chi connectivity index (χ1) is 18.0. The number of carbonyl (C=O) groups is 2. The third kappa shape index (κ3) is 6.99. The molecule has 1 aliphatic rings. The maximum Gasteiger partial charge on any atom is 0.242 e. The van der Waals surface area contributed by atoms with E-state index in [0.717, 1.165) is 41.8 Å². The van der Waals surface area contributed by atoms with Crippen LogP contribution in [0, 0.1) is 5.92 Å². The van der Waals surface area contributed by atoms with E-state index in [1.807, 2.05) is 54.6 Å². The number of halogens is 1. The topological polar surface area (TPSA) is 76.7 Å². The van der Waals surface area contributed by atoms with E-state index in [2.05, 4.69) is 10.6 Å². The first kappa shape index (κ1) is 26.9. The monoisotopic (exact) mass is 538 g/mol. The largest absolute Gasteiger partial charge is 0.495 e. The van der Waals surface area contributed by atoms with E-state index in [-0.39, 0.29) is 17.7 Å². The van der Waals surface area contributed by atoms with E-state index in [9.17, 15) is 9.59 Å². The van der Waals surface area contributed by atoms with Crippen molar-refractivity contribution in [2.75, 3.05) is 24.9 Å². The average molecular weight is 539 g/mol. The van der Waals surface area contributed by atoms with Crippen molar-refractivity contribution in [1.82, 2.24) is 0 Å². The van der Waals surface area contributed by atoms with Crippen molar-refractivity contribution in [3.8, 4) is 11.5 Å². The number of nitrogens with one attached hydrogen (secondary N) is 2. The van der Waals surface area contributed by atoms with Gasteiger partial charge >= 0.3 is 0 Å². The van der Waals surface area contributed by atoms with Gasteiger partial charge in [-0.1, -0.05) is 67.3 Å². The zero-order valence-corrected chi connectivity index (χ0v) is 22.5. The van der Waals surface area contributed by atoms with Crippen LogP contribution in [0.25, 0.3) is 0 Å². The van der Waals surface area contributed by atoms with E-state index in [0.29, 0.717) is 22.2 Å². The molecule has 1 fully saturated rings. The summed E-state index contributed by atoms with van der Waals surface area (Å²) < 4.78 is 10.7. The summed E-state index contributed by atoms with van der Waals surface area (Å²) in [5.74, 6) is 0.811. The average Bonchev–Trinajstić information content (AvgIpc) is 2.93. The molecule has 2 amide bonds. The van der Waals surface area contributed by atoms with Crippen molar-refractivity contribution in [3.63, 3.8) is 0 Å². The quantitative estimate of drug-likeness (QED) is 0.278. The molecule has 0 saturated heterocycles. The molecular formula is C29H31ClN2O4S. The Morgan fingerprint density at radius 1 is 0.892 bits per heavy atom. The van der Waals surface area contributed by atoms with Crippen LogP contribution in [-0.4, -0.2) is 26.0 Å². The molecule has 3 aromatic carbocycles. The van der Waals surface area contributed by atoms with E-state index in [1.54, 1.807) is 12.1 Å². The number of hydrogen-bond acceptors (Lipinski definition) is 5. The standard InChI is InChI=1S/C29H31ClN2O4S/c1-35-25-18-26(36-2)24(17-23(25)30)32-29(34)27(19-10-5-3-6-11-19)37-22-15-9-14-21(16-22)31-28(33)20-12-7-4-8-13-20/h3,5-6,9-11,14-18,20,27H,4,7-8,12-13H2,1-2H3,(H,31,33)(H,32,34). The highest BCUT2D eigenvalue weighted by Crippen LogP contribution is 2.40. The van der Waals surface area contributed by atoms with Crippen molar-refractivity contribution >= 4 is 46.6 Å². The van der Waals surface area contributed by atoms with Gasteiger partial charge in [0, 0.05) is 22.6 Å². The van der Waals surface area contributed by atoms with E-state index >= 15 is 0 Å². The van der Waals surface area contributed by atoms with Gasteiger partial charge < -0.3 is 20.1 Å². The van der Waals surface area contributed by atoms with Crippen LogP contribution < -0.4 is 20.1 Å². The van der Waals surface area contributed by atoms with Crippen LogP contribution >= 0.6 is 23.4 Å². The molecule has 1 aliphatic carbocycles. The van der Waals surface area contributed by atoms with Crippen molar-refractivity contribution in [1.29, 1.82) is 0 Å². The fourth-order valence-corrected chi connectivity index (χ4v) is 5.77. The number of benzene rings is 3. The number of rotatable bonds is 9. The number of anilines is 2. The van der Waals surface area contributed by atoms with Gasteiger partial charge in [0.05, 0.1) is 24.9 Å². The summed E-state index contributed by atoms with van der Waals surface area (Å²) in [7, 11) is 3.04. The smallest absolute Gasteiger partial charge is 0.242 e. The normalized spacial score (nSPS) is 14.5. The molecule has 37 heavy (non-hydrogen) atoms. The molecule has 0 aliphatic heterocycles. The molecule has 2 N–H and O–H groups in total. The second-order valence-electron chi connectivity index (χ2n) is 8.94. The molecular weight excluding hydrogens is 508 g/mol. The molecule has 0 radical (unpaired) electrons. The Bertz CT molecular complexity index is 1230. The molecule has 3 aromatic rings.